The van der Waals surface area contributed by atoms with E-state index >= 15 is 0 Å². The van der Waals surface area contributed by atoms with E-state index in [0.29, 0.717) is 5.56 Å². The number of hydrogen-bond donors (Lipinski definition) is 0. The fraction of sp³-hybridized carbons (Fsp3) is 0.412. The van der Waals surface area contributed by atoms with Crippen molar-refractivity contribution in [3.8, 4) is 0 Å². The largest absolute Gasteiger partial charge is 0.321 e. The number of halogens is 1. The van der Waals surface area contributed by atoms with Gasteiger partial charge in [-0.05, 0) is 63.8 Å². The Labute approximate surface area is 123 Å². The van der Waals surface area contributed by atoms with Crippen molar-refractivity contribution >= 4 is 5.78 Å². The molecule has 1 aliphatic rings. The molecule has 4 heteroatoms. The average Bonchev–Trinajstić information content (AvgIpc) is 2.82. The summed E-state index contributed by atoms with van der Waals surface area (Å²) in [5, 5.41) is 0. The lowest BCUT2D eigenvalue weighted by Crippen LogP contribution is -2.21. The molecule has 0 radical (unpaired) electrons. The van der Waals surface area contributed by atoms with Gasteiger partial charge in [0.15, 0.2) is 5.78 Å². The minimum atomic E-state index is -0.324. The highest BCUT2D eigenvalue weighted by Crippen LogP contribution is 2.27. The second kappa shape index (κ2) is 5.43. The molecular formula is C17H19FN2O. The van der Waals surface area contributed by atoms with Crippen molar-refractivity contribution in [2.75, 3.05) is 0 Å². The fourth-order valence-electron chi connectivity index (χ4n) is 3.18. The summed E-state index contributed by atoms with van der Waals surface area (Å²) in [6.07, 6.45) is 4.30. The van der Waals surface area contributed by atoms with Gasteiger partial charge >= 0.3 is 0 Å². The third-order valence-electron chi connectivity index (χ3n) is 4.24. The van der Waals surface area contributed by atoms with E-state index in [1.165, 1.54) is 24.2 Å². The topological polar surface area (TPSA) is 34.9 Å². The van der Waals surface area contributed by atoms with Crippen LogP contribution >= 0.6 is 0 Å². The Hall–Kier alpha value is -1.97. The Bertz CT molecular complexity index is 673. The summed E-state index contributed by atoms with van der Waals surface area (Å²) in [5.74, 6) is 0.573. The molecule has 3 nitrogen and oxygen atoms in total. The zero-order chi connectivity index (χ0) is 15.0. The highest BCUT2D eigenvalue weighted by molar-refractivity contribution is 5.98. The van der Waals surface area contributed by atoms with Crippen LogP contribution in [0.15, 0.2) is 24.3 Å². The molecule has 2 aromatic rings. The third kappa shape index (κ3) is 2.50. The maximum absolute atomic E-state index is 13.0. The zero-order valence-electron chi connectivity index (χ0n) is 12.4. The van der Waals surface area contributed by atoms with Crippen LogP contribution in [0, 0.1) is 12.7 Å². The molecule has 0 bridgehead atoms. The average molecular weight is 286 g/mol. The smallest absolute Gasteiger partial charge is 0.185 e. The second-order valence-corrected chi connectivity index (χ2v) is 5.68. The third-order valence-corrected chi connectivity index (χ3v) is 4.24. The van der Waals surface area contributed by atoms with Gasteiger partial charge in [0.1, 0.15) is 11.6 Å². The summed E-state index contributed by atoms with van der Waals surface area (Å²) in [7, 11) is 0. The van der Waals surface area contributed by atoms with Gasteiger partial charge in [-0.2, -0.15) is 0 Å². The Morgan fingerprint density at radius 3 is 2.62 bits per heavy atom. The molecular weight excluding hydrogens is 267 g/mol. The maximum atomic E-state index is 13.0. The van der Waals surface area contributed by atoms with Crippen molar-refractivity contribution in [3.05, 3.63) is 52.9 Å². The van der Waals surface area contributed by atoms with Gasteiger partial charge in [0.05, 0.1) is 11.7 Å². The highest BCUT2D eigenvalue weighted by atomic mass is 19.1. The van der Waals surface area contributed by atoms with Crippen LogP contribution in [0.3, 0.4) is 0 Å². The quantitative estimate of drug-likeness (QED) is 0.807. The van der Waals surface area contributed by atoms with Crippen LogP contribution in [-0.2, 0) is 12.8 Å². The molecule has 0 spiro atoms. The normalized spacial score (nSPS) is 15.6. The number of rotatable bonds is 3. The van der Waals surface area contributed by atoms with Crippen LogP contribution in [0.2, 0.25) is 0 Å². The monoisotopic (exact) mass is 286 g/mol. The van der Waals surface area contributed by atoms with Gasteiger partial charge < -0.3 is 4.57 Å². The number of carbonyl (C=O) groups excluding carboxylic acids is 1. The van der Waals surface area contributed by atoms with E-state index in [0.717, 1.165) is 30.8 Å². The van der Waals surface area contributed by atoms with Gasteiger partial charge in [0.2, 0.25) is 0 Å². The lowest BCUT2D eigenvalue weighted by Gasteiger charge is -2.20. The van der Waals surface area contributed by atoms with Crippen molar-refractivity contribution in [3.63, 3.8) is 0 Å². The maximum Gasteiger partial charge on any atom is 0.185 e. The van der Waals surface area contributed by atoms with Gasteiger partial charge in [0, 0.05) is 11.3 Å². The zero-order valence-corrected chi connectivity index (χ0v) is 12.4. The van der Waals surface area contributed by atoms with Crippen LogP contribution in [0.5, 0.6) is 0 Å². The Morgan fingerprint density at radius 1 is 1.24 bits per heavy atom. The summed E-state index contributed by atoms with van der Waals surface area (Å²) in [5.41, 5.74) is 2.88. The van der Waals surface area contributed by atoms with E-state index in [9.17, 15) is 9.18 Å². The minimum Gasteiger partial charge on any atom is -0.321 e. The van der Waals surface area contributed by atoms with Gasteiger partial charge in [-0.1, -0.05) is 0 Å². The molecule has 21 heavy (non-hydrogen) atoms. The first-order valence-corrected chi connectivity index (χ1v) is 7.44. The molecule has 1 heterocycles. The lowest BCUT2D eigenvalue weighted by molar-refractivity contribution is 0.0932. The summed E-state index contributed by atoms with van der Waals surface area (Å²) in [6, 6.07) is 5.45. The molecule has 1 aliphatic carbocycles. The number of carbonyl (C=O) groups is 1. The number of nitrogens with zero attached hydrogens (tertiary/aromatic N) is 2. The van der Waals surface area contributed by atoms with Gasteiger partial charge in [-0.25, -0.2) is 9.37 Å². The van der Waals surface area contributed by atoms with Gasteiger partial charge in [-0.15, -0.1) is 0 Å². The fourth-order valence-corrected chi connectivity index (χ4v) is 3.18. The molecule has 0 saturated carbocycles. The summed E-state index contributed by atoms with van der Waals surface area (Å²) < 4.78 is 15.0. The first-order valence-electron chi connectivity index (χ1n) is 7.44. The summed E-state index contributed by atoms with van der Waals surface area (Å²) in [6.45, 7) is 3.85. The number of hydrogen-bond acceptors (Lipinski definition) is 2. The summed E-state index contributed by atoms with van der Waals surface area (Å²) >= 11 is 0. The van der Waals surface area contributed by atoms with Gasteiger partial charge in [-0.3, -0.25) is 4.79 Å². The highest BCUT2D eigenvalue weighted by Gasteiger charge is 2.25. The van der Waals surface area contributed by atoms with Crippen molar-refractivity contribution in [1.82, 2.24) is 9.55 Å². The molecule has 0 N–H and O–H groups in total. The molecule has 1 aromatic heterocycles. The van der Waals surface area contributed by atoms with Crippen molar-refractivity contribution in [2.24, 2.45) is 0 Å². The van der Waals surface area contributed by atoms with E-state index in [-0.39, 0.29) is 17.6 Å². The van der Waals surface area contributed by atoms with E-state index in [2.05, 4.69) is 9.55 Å². The Balaban J connectivity index is 1.95. The lowest BCUT2D eigenvalue weighted by atomic mass is 9.99. The number of imidazole rings is 1. The SMILES string of the molecule is Cc1nc2c(n1C(C)C(=O)c1ccc(F)cc1)CCCC2. The number of aromatic nitrogens is 2. The molecule has 0 amide bonds. The van der Waals surface area contributed by atoms with Crippen molar-refractivity contribution in [1.29, 1.82) is 0 Å². The number of ketones is 1. The number of aryl methyl sites for hydroxylation is 2. The first kappa shape index (κ1) is 14.0. The Morgan fingerprint density at radius 2 is 1.90 bits per heavy atom. The van der Waals surface area contributed by atoms with Crippen LogP contribution in [0.1, 0.15) is 53.4 Å². The number of benzene rings is 1. The predicted octanol–water partition coefficient (Wildman–Crippen LogP) is 3.65. The van der Waals surface area contributed by atoms with Crippen LogP contribution in [-0.4, -0.2) is 15.3 Å². The predicted molar refractivity (Wildman–Crippen MR) is 79.0 cm³/mol. The van der Waals surface area contributed by atoms with E-state index < -0.39 is 0 Å². The van der Waals surface area contributed by atoms with Crippen molar-refractivity contribution in [2.45, 2.75) is 45.6 Å². The van der Waals surface area contributed by atoms with E-state index in [1.54, 1.807) is 12.1 Å². The second-order valence-electron chi connectivity index (χ2n) is 5.68. The number of Topliss-reactive ketones (excluding diaryl/α,β-unsaturated/α-hetero) is 1. The molecule has 1 aromatic carbocycles. The minimum absolute atomic E-state index is 0.00359. The molecule has 0 aliphatic heterocycles. The Kier molecular flexibility index (Phi) is 3.62. The van der Waals surface area contributed by atoms with Crippen LogP contribution in [0.4, 0.5) is 4.39 Å². The molecule has 1 atom stereocenters. The van der Waals surface area contributed by atoms with Crippen molar-refractivity contribution < 1.29 is 9.18 Å². The molecule has 3 rings (SSSR count). The molecule has 0 fully saturated rings. The van der Waals surface area contributed by atoms with Crippen LogP contribution < -0.4 is 0 Å². The van der Waals surface area contributed by atoms with E-state index in [4.69, 9.17) is 0 Å². The van der Waals surface area contributed by atoms with Crippen LogP contribution in [0.25, 0.3) is 0 Å². The standard InChI is InChI=1S/C17H19FN2O/c1-11(17(21)13-7-9-14(18)10-8-13)20-12(2)19-15-5-3-4-6-16(15)20/h7-11H,3-6H2,1-2H3. The first-order chi connectivity index (χ1) is 10.1. The van der Waals surface area contributed by atoms with Gasteiger partial charge in [0.25, 0.3) is 0 Å². The number of fused-ring (bicyclic) bond motifs is 1. The molecule has 0 saturated heterocycles. The molecule has 110 valence electrons. The summed E-state index contributed by atoms with van der Waals surface area (Å²) in [4.78, 5) is 17.2. The van der Waals surface area contributed by atoms with E-state index in [1.807, 2.05) is 13.8 Å². The molecule has 1 unspecified atom stereocenters.